The van der Waals surface area contributed by atoms with E-state index in [1.807, 2.05) is 12.1 Å². The first-order valence-electron chi connectivity index (χ1n) is 13.7. The van der Waals surface area contributed by atoms with Crippen LogP contribution in [0, 0.1) is 23.6 Å². The lowest BCUT2D eigenvalue weighted by molar-refractivity contribution is -0.140. The van der Waals surface area contributed by atoms with Crippen molar-refractivity contribution in [3.63, 3.8) is 0 Å². The van der Waals surface area contributed by atoms with Crippen molar-refractivity contribution in [2.24, 2.45) is 17.8 Å². The lowest BCUT2D eigenvalue weighted by atomic mass is 9.77. The number of Topliss-reactive ketones (excluding diaryl/α,β-unsaturated/α-hetero) is 1. The molecule has 0 amide bonds. The Morgan fingerprint density at radius 2 is 1.47 bits per heavy atom. The molecular formula is C31H38F4O. The van der Waals surface area contributed by atoms with Crippen LogP contribution >= 0.6 is 0 Å². The van der Waals surface area contributed by atoms with Crippen molar-refractivity contribution in [2.45, 2.75) is 96.6 Å². The van der Waals surface area contributed by atoms with E-state index >= 15 is 4.39 Å². The van der Waals surface area contributed by atoms with Crippen molar-refractivity contribution >= 4 is 5.78 Å². The topological polar surface area (TPSA) is 17.1 Å². The molecule has 0 heterocycles. The highest BCUT2D eigenvalue weighted by Crippen LogP contribution is 2.41. The Hall–Kier alpha value is -2.17. The van der Waals surface area contributed by atoms with Gasteiger partial charge in [0, 0.05) is 17.5 Å². The highest BCUT2D eigenvalue weighted by molar-refractivity contribution is 5.98. The normalized spacial score (nSPS) is 25.1. The average molecular weight is 503 g/mol. The highest BCUT2D eigenvalue weighted by atomic mass is 19.4. The average Bonchev–Trinajstić information content (AvgIpc) is 2.85. The number of hydrogen-bond donors (Lipinski definition) is 0. The second kappa shape index (κ2) is 11.5. The summed E-state index contributed by atoms with van der Waals surface area (Å²) >= 11 is 0. The molecule has 0 radical (unpaired) electrons. The van der Waals surface area contributed by atoms with E-state index in [-0.39, 0.29) is 17.9 Å². The van der Waals surface area contributed by atoms with Gasteiger partial charge in [-0.25, -0.2) is 4.39 Å². The molecule has 0 N–H and O–H groups in total. The molecule has 0 atom stereocenters. The summed E-state index contributed by atoms with van der Waals surface area (Å²) in [5.41, 5.74) is -0.508. The van der Waals surface area contributed by atoms with Gasteiger partial charge in [-0.15, -0.1) is 0 Å². The first-order valence-corrected chi connectivity index (χ1v) is 13.7. The molecule has 2 saturated carbocycles. The summed E-state index contributed by atoms with van der Waals surface area (Å²) in [7, 11) is 0. The first-order chi connectivity index (χ1) is 17.2. The second-order valence-electron chi connectivity index (χ2n) is 11.2. The summed E-state index contributed by atoms with van der Waals surface area (Å²) in [5, 5.41) is 0. The van der Waals surface area contributed by atoms with Gasteiger partial charge in [0.25, 0.3) is 0 Å². The minimum Gasteiger partial charge on any atom is -0.294 e. The van der Waals surface area contributed by atoms with Gasteiger partial charge in [-0.2, -0.15) is 13.2 Å². The third-order valence-corrected chi connectivity index (χ3v) is 8.57. The van der Waals surface area contributed by atoms with E-state index in [0.29, 0.717) is 17.4 Å². The molecule has 2 aliphatic rings. The second-order valence-corrected chi connectivity index (χ2v) is 11.2. The van der Waals surface area contributed by atoms with Gasteiger partial charge in [-0.1, -0.05) is 82.7 Å². The van der Waals surface area contributed by atoms with E-state index in [0.717, 1.165) is 62.8 Å². The summed E-state index contributed by atoms with van der Waals surface area (Å²) in [6.45, 7) is 4.41. The fourth-order valence-corrected chi connectivity index (χ4v) is 6.34. The summed E-state index contributed by atoms with van der Waals surface area (Å²) < 4.78 is 57.5. The Balaban J connectivity index is 1.54. The maximum Gasteiger partial charge on any atom is 0.419 e. The number of carbonyl (C=O) groups is 1. The van der Waals surface area contributed by atoms with Crippen molar-refractivity contribution in [2.75, 3.05) is 0 Å². The van der Waals surface area contributed by atoms with E-state index in [4.69, 9.17) is 0 Å². The van der Waals surface area contributed by atoms with Gasteiger partial charge in [0.15, 0.2) is 5.78 Å². The highest BCUT2D eigenvalue weighted by Gasteiger charge is 2.40. The van der Waals surface area contributed by atoms with Crippen LogP contribution < -0.4 is 0 Å². The molecular weight excluding hydrogens is 464 g/mol. The Morgan fingerprint density at radius 1 is 0.861 bits per heavy atom. The first kappa shape index (κ1) is 26.9. The Kier molecular flexibility index (Phi) is 8.57. The molecule has 2 aliphatic carbocycles. The van der Waals surface area contributed by atoms with Crippen molar-refractivity contribution in [1.29, 1.82) is 0 Å². The molecule has 0 unspecified atom stereocenters. The number of benzene rings is 2. The van der Waals surface area contributed by atoms with Crippen molar-refractivity contribution < 1.29 is 22.4 Å². The van der Waals surface area contributed by atoms with Gasteiger partial charge < -0.3 is 0 Å². The van der Waals surface area contributed by atoms with Crippen molar-refractivity contribution in [3.8, 4) is 11.1 Å². The molecule has 0 saturated heterocycles. The largest absolute Gasteiger partial charge is 0.419 e. The number of alkyl halides is 3. The van der Waals surface area contributed by atoms with E-state index in [9.17, 15) is 18.0 Å². The molecule has 2 aromatic carbocycles. The maximum atomic E-state index is 15.4. The van der Waals surface area contributed by atoms with E-state index in [1.165, 1.54) is 25.0 Å². The van der Waals surface area contributed by atoms with Gasteiger partial charge in [0.2, 0.25) is 0 Å². The van der Waals surface area contributed by atoms with Gasteiger partial charge >= 0.3 is 6.18 Å². The van der Waals surface area contributed by atoms with Crippen molar-refractivity contribution in [1.82, 2.24) is 0 Å². The zero-order chi connectivity index (χ0) is 25.9. The standard InChI is InChI=1S/C31H38F4O/c1-3-4-21-7-9-22(10-8-21)19-28(36)27-18-17-26(30(32)29(27)31(33,34)35)25-15-13-24(14-16-25)23-11-5-20(2)6-12-23/h13-18,20-23H,3-12,19H2,1-2H3. The molecule has 5 heteroatoms. The number of carbonyl (C=O) groups excluding carboxylic acids is 1. The molecule has 0 aromatic heterocycles. The molecule has 0 spiro atoms. The number of halogens is 4. The minimum atomic E-state index is -4.94. The Morgan fingerprint density at radius 3 is 2.06 bits per heavy atom. The third kappa shape index (κ3) is 6.20. The number of ketones is 1. The summed E-state index contributed by atoms with van der Waals surface area (Å²) in [5.74, 6) is -0.0509. The van der Waals surface area contributed by atoms with Gasteiger partial charge in [0.1, 0.15) is 11.4 Å². The van der Waals surface area contributed by atoms with Crippen LogP contribution in [0.15, 0.2) is 36.4 Å². The summed E-state index contributed by atoms with van der Waals surface area (Å²) in [4.78, 5) is 13.0. The minimum absolute atomic E-state index is 0.0510. The van der Waals surface area contributed by atoms with Gasteiger partial charge in [-0.3, -0.25) is 4.79 Å². The Labute approximate surface area is 212 Å². The molecule has 2 fully saturated rings. The van der Waals surface area contributed by atoms with E-state index < -0.39 is 28.9 Å². The van der Waals surface area contributed by atoms with Crippen LogP contribution in [0.25, 0.3) is 11.1 Å². The third-order valence-electron chi connectivity index (χ3n) is 8.57. The molecule has 2 aromatic rings. The van der Waals surface area contributed by atoms with Crippen LogP contribution in [0.3, 0.4) is 0 Å². The van der Waals surface area contributed by atoms with Crippen LogP contribution in [0.2, 0.25) is 0 Å². The summed E-state index contributed by atoms with van der Waals surface area (Å²) in [6.07, 6.45) is 5.67. The van der Waals surface area contributed by atoms with Gasteiger partial charge in [-0.05, 0) is 66.5 Å². The van der Waals surface area contributed by atoms with Crippen LogP contribution in [0.5, 0.6) is 0 Å². The van der Waals surface area contributed by atoms with Crippen molar-refractivity contribution in [3.05, 3.63) is 58.9 Å². The number of rotatable bonds is 7. The SMILES string of the molecule is CCCC1CCC(CC(=O)c2ccc(-c3ccc(C4CCC(C)CC4)cc3)c(F)c2C(F)(F)F)CC1. The lowest BCUT2D eigenvalue weighted by Gasteiger charge is -2.28. The zero-order valence-electron chi connectivity index (χ0n) is 21.5. The van der Waals surface area contributed by atoms with E-state index in [2.05, 4.69) is 13.8 Å². The predicted octanol–water partition coefficient (Wildman–Crippen LogP) is 9.98. The van der Waals surface area contributed by atoms with Crippen LogP contribution in [-0.4, -0.2) is 5.78 Å². The molecule has 36 heavy (non-hydrogen) atoms. The fraction of sp³-hybridized carbons (Fsp3) is 0.581. The monoisotopic (exact) mass is 502 g/mol. The van der Waals surface area contributed by atoms with E-state index in [1.54, 1.807) is 12.1 Å². The molecule has 0 aliphatic heterocycles. The maximum absolute atomic E-state index is 15.4. The quantitative estimate of drug-likeness (QED) is 0.272. The zero-order valence-corrected chi connectivity index (χ0v) is 21.5. The smallest absolute Gasteiger partial charge is 0.294 e. The molecule has 196 valence electrons. The van der Waals surface area contributed by atoms with Crippen LogP contribution in [0.4, 0.5) is 17.6 Å². The van der Waals surface area contributed by atoms with Crippen LogP contribution in [0.1, 0.15) is 112 Å². The molecule has 0 bridgehead atoms. The predicted molar refractivity (Wildman–Crippen MR) is 137 cm³/mol. The molecule has 4 rings (SSSR count). The molecule has 1 nitrogen and oxygen atoms in total. The fourth-order valence-electron chi connectivity index (χ4n) is 6.34. The van der Waals surface area contributed by atoms with Gasteiger partial charge in [0.05, 0.1) is 0 Å². The lowest BCUT2D eigenvalue weighted by Crippen LogP contribution is -2.21. The van der Waals surface area contributed by atoms with Crippen LogP contribution in [-0.2, 0) is 6.18 Å². The number of hydrogen-bond acceptors (Lipinski definition) is 1. The Bertz CT molecular complexity index is 1020. The summed E-state index contributed by atoms with van der Waals surface area (Å²) in [6, 6.07) is 9.77.